The van der Waals surface area contributed by atoms with E-state index in [0.29, 0.717) is 75.3 Å². The normalized spacial score (nSPS) is 20.2. The van der Waals surface area contributed by atoms with Crippen LogP contribution in [-0.2, 0) is 39.8 Å². The lowest BCUT2D eigenvalue weighted by molar-refractivity contribution is -0.137. The molecule has 4 aliphatic rings. The molecule has 4 saturated heterocycles. The van der Waals surface area contributed by atoms with Gasteiger partial charge in [-0.15, -0.1) is 0 Å². The van der Waals surface area contributed by atoms with Gasteiger partial charge in [0, 0.05) is 59.3 Å². The number of ether oxygens (including phenoxy) is 2. The summed E-state index contributed by atoms with van der Waals surface area (Å²) in [6.07, 6.45) is 3.30. The van der Waals surface area contributed by atoms with Crippen LogP contribution in [0.5, 0.6) is 17.2 Å². The number of nitrogens with one attached hydrogen (secondary N) is 2. The lowest BCUT2D eigenvalue weighted by Gasteiger charge is -2.40. The topological polar surface area (TPSA) is 243 Å². The average Bonchev–Trinajstić information content (AvgIpc) is 3.69. The smallest absolute Gasteiger partial charge is 0.453 e. The molecule has 0 saturated carbocycles. The quantitative estimate of drug-likeness (QED) is 0.145. The minimum Gasteiger partial charge on any atom is -0.453 e. The number of hydrogen-bond donors (Lipinski definition) is 2. The largest absolute Gasteiger partial charge is 0.488 e. The van der Waals surface area contributed by atoms with Crippen LogP contribution in [0, 0.1) is 17.1 Å². The molecular weight excluding hydrogens is 921 g/mol. The molecule has 1 spiro atoms. The lowest BCUT2D eigenvalue weighted by atomic mass is 9.87. The molecule has 3 amide bonds. The number of piperazine rings is 1. The summed E-state index contributed by atoms with van der Waals surface area (Å²) in [5, 5.41) is 12.3. The second kappa shape index (κ2) is 18.8. The molecule has 4 aliphatic heterocycles. The lowest BCUT2D eigenvalue weighted by Crippen LogP contribution is -2.52. The number of nitrogens with zero attached hydrogens (tertiary/aromatic N) is 7. The Morgan fingerprint density at radius 3 is 2.48 bits per heavy atom. The molecule has 356 valence electrons. The predicted molar refractivity (Wildman–Crippen MR) is 237 cm³/mol. The average molecular weight is 968 g/mol. The number of anilines is 2. The zero-order chi connectivity index (χ0) is 47.8. The van der Waals surface area contributed by atoms with Crippen molar-refractivity contribution in [1.29, 1.82) is 5.26 Å². The van der Waals surface area contributed by atoms with Gasteiger partial charge in [-0.25, -0.2) is 9.37 Å². The fourth-order valence-corrected chi connectivity index (χ4v) is 10.2. The fourth-order valence-electron chi connectivity index (χ4n) is 8.94. The Morgan fingerprint density at radius 2 is 1.79 bits per heavy atom. The number of imide groups is 1. The molecule has 24 heteroatoms. The maximum atomic E-state index is 15.1. The number of nitriles is 1. The number of carbonyl (C=O) groups excluding carboxylic acids is 3. The molecule has 8 rings (SSSR count). The third kappa shape index (κ3) is 10.2. The molecule has 0 bridgehead atoms. The van der Waals surface area contributed by atoms with Gasteiger partial charge in [-0.2, -0.15) is 26.4 Å². The van der Waals surface area contributed by atoms with Crippen molar-refractivity contribution in [3.8, 4) is 23.3 Å². The summed E-state index contributed by atoms with van der Waals surface area (Å²) in [7, 11) is -8.12. The van der Waals surface area contributed by atoms with Gasteiger partial charge in [0.15, 0.2) is 17.3 Å². The maximum Gasteiger partial charge on any atom is 0.488 e. The number of likely N-dealkylation sites (tertiary alicyclic amines) is 1. The number of piperidine rings is 2. The first kappa shape index (κ1) is 47.2. The number of benzene rings is 3. The first-order valence-electron chi connectivity index (χ1n) is 21.5. The third-order valence-corrected chi connectivity index (χ3v) is 14.7. The number of halogens is 2. The van der Waals surface area contributed by atoms with Crippen LogP contribution in [0.4, 0.5) is 19.7 Å². The summed E-state index contributed by atoms with van der Waals surface area (Å²) in [5.41, 5.74) is -0.554. The van der Waals surface area contributed by atoms with E-state index in [1.807, 2.05) is 15.9 Å². The Morgan fingerprint density at radius 1 is 1.04 bits per heavy atom. The van der Waals surface area contributed by atoms with Gasteiger partial charge in [-0.05, 0) is 73.7 Å². The van der Waals surface area contributed by atoms with Gasteiger partial charge >= 0.3 is 20.7 Å². The van der Waals surface area contributed by atoms with Gasteiger partial charge in [-0.3, -0.25) is 38.7 Å². The molecule has 1 aromatic heterocycles. The molecule has 20 nitrogen and oxygen atoms in total. The van der Waals surface area contributed by atoms with E-state index in [1.165, 1.54) is 42.2 Å². The minimum absolute atomic E-state index is 0.0107. The molecule has 0 radical (unpaired) electrons. The van der Waals surface area contributed by atoms with Gasteiger partial charge in [-0.1, -0.05) is 16.9 Å². The van der Waals surface area contributed by atoms with Crippen molar-refractivity contribution < 1.29 is 53.2 Å². The van der Waals surface area contributed by atoms with E-state index in [9.17, 15) is 45.2 Å². The van der Waals surface area contributed by atoms with Crippen molar-refractivity contribution in [3.05, 3.63) is 82.2 Å². The van der Waals surface area contributed by atoms with Crippen LogP contribution in [0.15, 0.2) is 59.7 Å². The fraction of sp³-hybridized carbons (Fsp3) is 0.442. The Hall–Kier alpha value is -6.26. The Kier molecular flexibility index (Phi) is 13.2. The molecule has 5 heterocycles. The first-order valence-corrected chi connectivity index (χ1v) is 24.3. The number of amides is 3. The number of hydrogen-bond acceptors (Lipinski definition) is 15. The molecule has 0 aliphatic carbocycles. The zero-order valence-electron chi connectivity index (χ0n) is 36.4. The highest BCUT2D eigenvalue weighted by atomic mass is 32.3. The molecule has 1 unspecified atom stereocenters. The Bertz CT molecular complexity index is 2950. The van der Waals surface area contributed by atoms with E-state index in [4.69, 9.17) is 13.7 Å². The minimum atomic E-state index is -5.41. The summed E-state index contributed by atoms with van der Waals surface area (Å²) >= 11 is 0. The first-order chi connectivity index (χ1) is 31.9. The van der Waals surface area contributed by atoms with E-state index in [-0.39, 0.29) is 67.1 Å². The van der Waals surface area contributed by atoms with E-state index in [2.05, 4.69) is 15.0 Å². The zero-order valence-corrected chi connectivity index (χ0v) is 38.1. The van der Waals surface area contributed by atoms with Crippen molar-refractivity contribution >= 4 is 60.7 Å². The Balaban J connectivity index is 0.871. The van der Waals surface area contributed by atoms with Crippen LogP contribution in [-0.4, -0.2) is 130 Å². The monoisotopic (exact) mass is 967 g/mol. The maximum absolute atomic E-state index is 15.1. The third-order valence-electron chi connectivity index (χ3n) is 12.8. The number of carbonyl (C=O) groups is 3. The van der Waals surface area contributed by atoms with Crippen molar-refractivity contribution in [1.82, 2.24) is 29.0 Å². The standard InChI is InChI=1S/C43H47F2N9O11S2/c1-3-50(2)67(61,62)49-35-9-7-33(44)40(32(35)23-46)64-29-5-8-34-31(21-29)42(58)54(26-47-34)28-22-43(63-25-28)12-14-53(15-13-43)39(56)24-51-16-18-52(19-17-51)36-10-4-27(20-37(36)65-66(45,59)60)30-6-11-38(55)48-41(30)57/h4-5,7-10,20-21,26,28,30,49H,3,6,11-19,22,24-25H2,1-2H3,(H,48,55,57)/t28-,30?/m1/s1. The van der Waals surface area contributed by atoms with Crippen LogP contribution in [0.25, 0.3) is 10.9 Å². The van der Waals surface area contributed by atoms with Crippen molar-refractivity contribution in [3.63, 3.8) is 0 Å². The highest BCUT2D eigenvalue weighted by Crippen LogP contribution is 2.41. The van der Waals surface area contributed by atoms with E-state index < -0.39 is 66.7 Å². The van der Waals surface area contributed by atoms with Crippen LogP contribution in [0.2, 0.25) is 0 Å². The van der Waals surface area contributed by atoms with Gasteiger partial charge in [0.1, 0.15) is 17.4 Å². The Labute approximate surface area is 384 Å². The van der Waals surface area contributed by atoms with Crippen molar-refractivity contribution in [2.75, 3.05) is 75.6 Å². The second-order valence-corrected chi connectivity index (χ2v) is 19.6. The summed E-state index contributed by atoms with van der Waals surface area (Å²) in [5.74, 6) is -3.49. The molecule has 4 fully saturated rings. The highest BCUT2D eigenvalue weighted by Gasteiger charge is 2.44. The summed E-state index contributed by atoms with van der Waals surface area (Å²) in [6, 6.07) is 12.3. The van der Waals surface area contributed by atoms with Crippen LogP contribution in [0.1, 0.15) is 62.1 Å². The van der Waals surface area contributed by atoms with Crippen molar-refractivity contribution in [2.45, 2.75) is 56.6 Å². The van der Waals surface area contributed by atoms with E-state index >= 15 is 4.39 Å². The number of aromatic nitrogens is 2. The molecular formula is C43H47F2N9O11S2. The number of fused-ring (bicyclic) bond motifs is 1. The van der Waals surface area contributed by atoms with Gasteiger partial charge in [0.2, 0.25) is 17.7 Å². The summed E-state index contributed by atoms with van der Waals surface area (Å²) in [4.78, 5) is 61.6. The van der Waals surface area contributed by atoms with Crippen molar-refractivity contribution in [2.24, 2.45) is 0 Å². The van der Waals surface area contributed by atoms with Gasteiger partial charge in [0.25, 0.3) is 5.56 Å². The van der Waals surface area contributed by atoms with Crippen LogP contribution in [0.3, 0.4) is 0 Å². The highest BCUT2D eigenvalue weighted by molar-refractivity contribution is 7.90. The van der Waals surface area contributed by atoms with Gasteiger partial charge < -0.3 is 23.5 Å². The van der Waals surface area contributed by atoms with Crippen LogP contribution >= 0.6 is 0 Å². The molecule has 2 N–H and O–H groups in total. The SMILES string of the molecule is CCN(C)S(=O)(=O)Nc1ccc(F)c(Oc2ccc3ncn([C@H]4COC5(CCN(C(=O)CN6CCN(c7ccc(C8CCC(=O)NC8=O)cc7OS(=O)(=O)F)CC6)CC5)C4)c(=O)c3c2)c1C#N. The number of rotatable bonds is 13. The molecule has 2 atom stereocenters. The van der Waals surface area contributed by atoms with Gasteiger partial charge in [0.05, 0.1) is 59.3 Å². The summed E-state index contributed by atoms with van der Waals surface area (Å²) in [6.45, 7) is 4.55. The second-order valence-electron chi connectivity index (χ2n) is 16.9. The predicted octanol–water partition coefficient (Wildman–Crippen LogP) is 3.07. The molecule has 3 aromatic carbocycles. The summed E-state index contributed by atoms with van der Waals surface area (Å²) < 4.78 is 99.1. The molecule has 67 heavy (non-hydrogen) atoms. The van der Waals surface area contributed by atoms with Crippen LogP contribution < -0.4 is 29.4 Å². The van der Waals surface area contributed by atoms with E-state index in [0.717, 1.165) is 16.4 Å². The molecule has 4 aromatic rings. The van der Waals surface area contributed by atoms with E-state index in [1.54, 1.807) is 24.0 Å².